The lowest BCUT2D eigenvalue weighted by atomic mass is 10.3. The van der Waals surface area contributed by atoms with Crippen LogP contribution in [-0.2, 0) is 14.8 Å². The highest BCUT2D eigenvalue weighted by molar-refractivity contribution is 7.92. The van der Waals surface area contributed by atoms with Gasteiger partial charge in [0.25, 0.3) is 15.9 Å². The Morgan fingerprint density at radius 2 is 1.44 bits per heavy atom. The summed E-state index contributed by atoms with van der Waals surface area (Å²) in [5.74, 6) is 0.695. The smallest absolute Gasteiger partial charge is 0.264 e. The van der Waals surface area contributed by atoms with Crippen molar-refractivity contribution < 1.29 is 22.7 Å². The molecular weight excluding hydrogens is 498 g/mol. The van der Waals surface area contributed by atoms with E-state index in [0.29, 0.717) is 34.5 Å². The van der Waals surface area contributed by atoms with E-state index in [9.17, 15) is 13.2 Å². The molecule has 8 nitrogen and oxygen atoms in total. The summed E-state index contributed by atoms with van der Waals surface area (Å²) in [5.41, 5.74) is 0.916. The van der Waals surface area contributed by atoms with Gasteiger partial charge in [-0.05, 0) is 91.9 Å². The van der Waals surface area contributed by atoms with Crippen molar-refractivity contribution in [1.29, 1.82) is 0 Å². The van der Waals surface area contributed by atoms with Gasteiger partial charge in [-0.15, -0.1) is 0 Å². The minimum atomic E-state index is -3.79. The Morgan fingerprint density at radius 1 is 0.882 bits per heavy atom. The molecule has 0 aliphatic carbocycles. The fourth-order valence-corrected chi connectivity index (χ4v) is 4.14. The van der Waals surface area contributed by atoms with Gasteiger partial charge in [0.1, 0.15) is 11.5 Å². The number of carbonyl (C=O) groups is 1. The zero-order valence-electron chi connectivity index (χ0n) is 18.1. The molecule has 3 rings (SSSR count). The highest BCUT2D eigenvalue weighted by Crippen LogP contribution is 2.21. The second-order valence-corrected chi connectivity index (χ2v) is 9.36. The fourth-order valence-electron chi connectivity index (χ4n) is 2.72. The molecule has 1 amide bonds. The van der Waals surface area contributed by atoms with Crippen molar-refractivity contribution in [3.63, 3.8) is 0 Å². The number of anilines is 2. The van der Waals surface area contributed by atoms with Gasteiger partial charge in [0, 0.05) is 16.4 Å². The fraction of sp³-hybridized carbons (Fsp3) is 0.130. The summed E-state index contributed by atoms with van der Waals surface area (Å²) < 4.78 is 38.5. The standard InChI is InChI=1S/C23H22ClN3O5S2/c1-2-31-19-11-5-18(6-12-19)27-34(29,30)21-13-7-17(8-14-21)25-23(33)26-22(28)15-32-20-9-3-16(24)4-10-20/h3-14,27H,2,15H2,1H3,(H2,25,26,28,33). The van der Waals surface area contributed by atoms with Crippen molar-refractivity contribution in [2.75, 3.05) is 23.3 Å². The first kappa shape index (κ1) is 25.3. The average Bonchev–Trinajstić information content (AvgIpc) is 2.80. The van der Waals surface area contributed by atoms with Gasteiger partial charge >= 0.3 is 0 Å². The third-order valence-corrected chi connectivity index (χ3v) is 6.13. The van der Waals surface area contributed by atoms with Gasteiger partial charge in [-0.3, -0.25) is 14.8 Å². The van der Waals surface area contributed by atoms with Crippen LogP contribution in [0.15, 0.2) is 77.7 Å². The summed E-state index contributed by atoms with van der Waals surface area (Å²) in [5, 5.41) is 5.92. The van der Waals surface area contributed by atoms with Gasteiger partial charge < -0.3 is 14.8 Å². The molecule has 11 heteroatoms. The SMILES string of the molecule is CCOc1ccc(NS(=O)(=O)c2ccc(NC(=S)NC(=O)COc3ccc(Cl)cc3)cc2)cc1. The molecule has 178 valence electrons. The van der Waals surface area contributed by atoms with Crippen LogP contribution in [0.2, 0.25) is 5.02 Å². The molecule has 0 aromatic heterocycles. The summed E-state index contributed by atoms with van der Waals surface area (Å²) in [7, 11) is -3.79. The summed E-state index contributed by atoms with van der Waals surface area (Å²) in [6, 6.07) is 19.1. The van der Waals surface area contributed by atoms with Crippen LogP contribution in [0.5, 0.6) is 11.5 Å². The number of sulfonamides is 1. The molecule has 0 saturated heterocycles. The molecule has 0 saturated carbocycles. The molecule has 0 unspecified atom stereocenters. The van der Waals surface area contributed by atoms with Crippen molar-refractivity contribution in [2.45, 2.75) is 11.8 Å². The molecule has 0 fully saturated rings. The molecule has 3 aromatic rings. The van der Waals surface area contributed by atoms with Gasteiger partial charge in [0.05, 0.1) is 11.5 Å². The minimum absolute atomic E-state index is 0.0489. The van der Waals surface area contributed by atoms with E-state index in [1.807, 2.05) is 6.92 Å². The molecule has 3 N–H and O–H groups in total. The number of hydrogen-bond acceptors (Lipinski definition) is 6. The van der Waals surface area contributed by atoms with Crippen LogP contribution in [0, 0.1) is 0 Å². The third kappa shape index (κ3) is 7.62. The zero-order valence-corrected chi connectivity index (χ0v) is 20.5. The molecule has 0 aliphatic rings. The van der Waals surface area contributed by atoms with E-state index in [1.54, 1.807) is 48.5 Å². The Balaban J connectivity index is 1.51. The predicted molar refractivity (Wildman–Crippen MR) is 136 cm³/mol. The maximum atomic E-state index is 12.6. The lowest BCUT2D eigenvalue weighted by Gasteiger charge is -2.12. The minimum Gasteiger partial charge on any atom is -0.494 e. The Hall–Kier alpha value is -3.34. The first-order valence-corrected chi connectivity index (χ1v) is 12.4. The van der Waals surface area contributed by atoms with Crippen molar-refractivity contribution in [3.05, 3.63) is 77.8 Å². The van der Waals surface area contributed by atoms with Gasteiger partial charge in [0.15, 0.2) is 11.7 Å². The highest BCUT2D eigenvalue weighted by atomic mass is 35.5. The predicted octanol–water partition coefficient (Wildman–Crippen LogP) is 4.43. The topological polar surface area (TPSA) is 106 Å². The molecule has 0 bridgehead atoms. The molecule has 3 aromatic carbocycles. The Kier molecular flexibility index (Phi) is 8.69. The average molecular weight is 520 g/mol. The molecule has 0 spiro atoms. The van der Waals surface area contributed by atoms with E-state index < -0.39 is 15.9 Å². The summed E-state index contributed by atoms with van der Waals surface area (Å²) in [6.07, 6.45) is 0. The van der Waals surface area contributed by atoms with Crippen molar-refractivity contribution in [3.8, 4) is 11.5 Å². The summed E-state index contributed by atoms with van der Waals surface area (Å²) in [6.45, 7) is 2.15. The molecule has 0 heterocycles. The van der Waals surface area contributed by atoms with Crippen molar-refractivity contribution in [2.24, 2.45) is 0 Å². The van der Waals surface area contributed by atoms with E-state index in [0.717, 1.165) is 0 Å². The van der Waals surface area contributed by atoms with Crippen LogP contribution in [0.1, 0.15) is 6.92 Å². The van der Waals surface area contributed by atoms with E-state index >= 15 is 0 Å². The van der Waals surface area contributed by atoms with Crippen molar-refractivity contribution >= 4 is 56.2 Å². The van der Waals surface area contributed by atoms with Crippen LogP contribution in [-0.4, -0.2) is 32.7 Å². The second kappa shape index (κ2) is 11.7. The van der Waals surface area contributed by atoms with Gasteiger partial charge in [-0.25, -0.2) is 8.42 Å². The normalized spacial score (nSPS) is 10.8. The van der Waals surface area contributed by atoms with Gasteiger partial charge in [0.2, 0.25) is 0 Å². The quantitative estimate of drug-likeness (QED) is 0.359. The molecule has 34 heavy (non-hydrogen) atoms. The number of ether oxygens (including phenoxy) is 2. The van der Waals surface area contributed by atoms with Crippen LogP contribution >= 0.6 is 23.8 Å². The van der Waals surface area contributed by atoms with Crippen molar-refractivity contribution in [1.82, 2.24) is 5.32 Å². The van der Waals surface area contributed by atoms with Crippen LogP contribution < -0.4 is 24.8 Å². The van der Waals surface area contributed by atoms with E-state index in [1.165, 1.54) is 24.3 Å². The first-order valence-electron chi connectivity index (χ1n) is 10.1. The Labute approximate surface area is 208 Å². The number of halogens is 1. The summed E-state index contributed by atoms with van der Waals surface area (Å²) in [4.78, 5) is 12.1. The molecular formula is C23H22ClN3O5S2. The Morgan fingerprint density at radius 3 is 2.06 bits per heavy atom. The number of carbonyl (C=O) groups excluding carboxylic acids is 1. The molecule has 0 atom stereocenters. The maximum Gasteiger partial charge on any atom is 0.264 e. The lowest BCUT2D eigenvalue weighted by molar-refractivity contribution is -0.121. The second-order valence-electron chi connectivity index (χ2n) is 6.83. The lowest BCUT2D eigenvalue weighted by Crippen LogP contribution is -2.37. The van der Waals surface area contributed by atoms with E-state index in [4.69, 9.17) is 33.3 Å². The summed E-state index contributed by atoms with van der Waals surface area (Å²) >= 11 is 10.9. The first-order chi connectivity index (χ1) is 16.2. The largest absolute Gasteiger partial charge is 0.494 e. The van der Waals surface area contributed by atoms with Gasteiger partial charge in [-0.1, -0.05) is 11.6 Å². The van der Waals surface area contributed by atoms with E-state index in [2.05, 4.69) is 15.4 Å². The number of benzene rings is 3. The van der Waals surface area contributed by atoms with Crippen LogP contribution in [0.4, 0.5) is 11.4 Å². The number of amides is 1. The number of rotatable bonds is 9. The van der Waals surface area contributed by atoms with Crippen LogP contribution in [0.25, 0.3) is 0 Å². The third-order valence-electron chi connectivity index (χ3n) is 4.28. The number of thiocarbonyl (C=S) groups is 1. The van der Waals surface area contributed by atoms with Crippen LogP contribution in [0.3, 0.4) is 0 Å². The maximum absolute atomic E-state index is 12.6. The zero-order chi connectivity index (χ0) is 24.6. The monoisotopic (exact) mass is 519 g/mol. The van der Waals surface area contributed by atoms with Gasteiger partial charge in [-0.2, -0.15) is 0 Å². The number of hydrogen-bond donors (Lipinski definition) is 3. The highest BCUT2D eigenvalue weighted by Gasteiger charge is 2.14. The number of nitrogens with one attached hydrogen (secondary N) is 3. The molecule has 0 aliphatic heterocycles. The molecule has 0 radical (unpaired) electrons. The van der Waals surface area contributed by atoms with E-state index in [-0.39, 0.29) is 16.6 Å². The Bertz CT molecular complexity index is 1230.